The molecule has 0 aromatic heterocycles. The average Bonchev–Trinajstić information content (AvgIpc) is 2.18. The van der Waals surface area contributed by atoms with Crippen LogP contribution in [0.3, 0.4) is 0 Å². The van der Waals surface area contributed by atoms with Gasteiger partial charge in [-0.15, -0.1) is 0 Å². The summed E-state index contributed by atoms with van der Waals surface area (Å²) in [5.41, 5.74) is 1.91. The Kier molecular flexibility index (Phi) is 3.84. The molecule has 0 aliphatic rings. The third-order valence-corrected chi connectivity index (χ3v) is 1.60. The Balaban J connectivity index is 2.86. The van der Waals surface area contributed by atoms with Crippen molar-refractivity contribution in [2.24, 2.45) is 9.98 Å². The lowest BCUT2D eigenvalue weighted by Crippen LogP contribution is -1.84. The summed E-state index contributed by atoms with van der Waals surface area (Å²) < 4.78 is 0. The molecule has 2 heteroatoms. The number of hydrogen-bond acceptors (Lipinski definition) is 2. The zero-order valence-corrected chi connectivity index (χ0v) is 8.57. The first-order valence-corrected chi connectivity index (χ1v) is 4.60. The highest BCUT2D eigenvalue weighted by atomic mass is 14.8. The Morgan fingerprint density at radius 3 is 2.86 bits per heavy atom. The van der Waals surface area contributed by atoms with Crippen molar-refractivity contribution in [2.45, 2.75) is 19.9 Å². The quantitative estimate of drug-likeness (QED) is 0.645. The largest absolute Gasteiger partial charge is 0.223 e. The van der Waals surface area contributed by atoms with Crippen LogP contribution in [0.25, 0.3) is 6.08 Å². The standard InChI is InChI=1S/C12H14N2/c1-4-11-6-5-7-12(8-11)14-9-13-10(2)3/h4-8,10H,1H2,2-3H3. The summed E-state index contributed by atoms with van der Waals surface area (Å²) in [6.45, 7) is 7.67. The SMILES string of the molecule is C=Cc1cccc(N=C=NC(C)C)c1. The lowest BCUT2D eigenvalue weighted by molar-refractivity contribution is 0.842. The van der Waals surface area contributed by atoms with Crippen LogP contribution in [0.1, 0.15) is 19.4 Å². The molecule has 0 aliphatic heterocycles. The molecule has 0 atom stereocenters. The van der Waals surface area contributed by atoms with E-state index < -0.39 is 0 Å². The van der Waals surface area contributed by atoms with Gasteiger partial charge in [-0.25, -0.2) is 4.99 Å². The topological polar surface area (TPSA) is 24.7 Å². The van der Waals surface area contributed by atoms with E-state index in [4.69, 9.17) is 0 Å². The molecule has 0 radical (unpaired) electrons. The van der Waals surface area contributed by atoms with E-state index in [9.17, 15) is 0 Å². The third kappa shape index (κ3) is 3.38. The highest BCUT2D eigenvalue weighted by Gasteiger charge is 1.88. The summed E-state index contributed by atoms with van der Waals surface area (Å²) in [6.07, 6.45) is 1.79. The van der Waals surface area contributed by atoms with E-state index in [1.165, 1.54) is 0 Å². The van der Waals surface area contributed by atoms with Gasteiger partial charge in [0.2, 0.25) is 0 Å². The van der Waals surface area contributed by atoms with Crippen LogP contribution < -0.4 is 0 Å². The van der Waals surface area contributed by atoms with E-state index in [0.29, 0.717) is 0 Å². The summed E-state index contributed by atoms with van der Waals surface area (Å²) in [5, 5.41) is 0. The molecule has 1 rings (SSSR count). The van der Waals surface area contributed by atoms with Crippen molar-refractivity contribution in [3.8, 4) is 0 Å². The van der Waals surface area contributed by atoms with Crippen LogP contribution >= 0.6 is 0 Å². The van der Waals surface area contributed by atoms with Crippen molar-refractivity contribution >= 4 is 17.8 Å². The predicted molar refractivity (Wildman–Crippen MR) is 61.2 cm³/mol. The first kappa shape index (κ1) is 10.4. The van der Waals surface area contributed by atoms with Gasteiger partial charge in [0.25, 0.3) is 0 Å². The monoisotopic (exact) mass is 186 g/mol. The number of hydrogen-bond donors (Lipinski definition) is 0. The lowest BCUT2D eigenvalue weighted by Gasteiger charge is -1.93. The van der Waals surface area contributed by atoms with Gasteiger partial charge >= 0.3 is 0 Å². The minimum Gasteiger partial charge on any atom is -0.223 e. The third-order valence-electron chi connectivity index (χ3n) is 1.60. The number of aliphatic imine (C=N–C) groups is 2. The maximum Gasteiger partial charge on any atom is 0.0951 e. The molecule has 0 heterocycles. The maximum atomic E-state index is 4.09. The number of nitrogens with zero attached hydrogens (tertiary/aromatic N) is 2. The lowest BCUT2D eigenvalue weighted by atomic mass is 10.2. The minimum absolute atomic E-state index is 0.237. The van der Waals surface area contributed by atoms with Crippen molar-refractivity contribution in [3.63, 3.8) is 0 Å². The van der Waals surface area contributed by atoms with E-state index in [1.807, 2.05) is 38.1 Å². The van der Waals surface area contributed by atoms with Gasteiger partial charge in [0.15, 0.2) is 0 Å². The van der Waals surface area contributed by atoms with E-state index in [1.54, 1.807) is 6.08 Å². The summed E-state index contributed by atoms with van der Waals surface area (Å²) >= 11 is 0. The Hall–Kier alpha value is -1.66. The fraction of sp³-hybridized carbons (Fsp3) is 0.250. The van der Waals surface area contributed by atoms with Crippen molar-refractivity contribution in [1.82, 2.24) is 0 Å². The van der Waals surface area contributed by atoms with Gasteiger partial charge in [-0.3, -0.25) is 0 Å². The molecule has 1 aromatic rings. The van der Waals surface area contributed by atoms with Crippen LogP contribution in [0.5, 0.6) is 0 Å². The van der Waals surface area contributed by atoms with E-state index in [2.05, 4.69) is 22.6 Å². The molecular formula is C12H14N2. The van der Waals surface area contributed by atoms with Crippen LogP contribution in [0.2, 0.25) is 0 Å². The molecule has 0 saturated carbocycles. The van der Waals surface area contributed by atoms with Crippen LogP contribution in [-0.4, -0.2) is 12.1 Å². The summed E-state index contributed by atoms with van der Waals surface area (Å²) in [4.78, 5) is 8.12. The Bertz CT molecular complexity index is 372. The molecular weight excluding hydrogens is 172 g/mol. The Morgan fingerprint density at radius 2 is 2.21 bits per heavy atom. The Morgan fingerprint density at radius 1 is 1.43 bits per heavy atom. The van der Waals surface area contributed by atoms with Gasteiger partial charge in [-0.05, 0) is 31.5 Å². The molecule has 0 N–H and O–H groups in total. The number of rotatable bonds is 3. The fourth-order valence-electron chi connectivity index (χ4n) is 0.923. The summed E-state index contributed by atoms with van der Waals surface area (Å²) in [7, 11) is 0. The van der Waals surface area contributed by atoms with Crippen LogP contribution in [0.15, 0.2) is 40.8 Å². The van der Waals surface area contributed by atoms with Crippen molar-refractivity contribution < 1.29 is 0 Å². The fourth-order valence-corrected chi connectivity index (χ4v) is 0.923. The first-order chi connectivity index (χ1) is 6.72. The van der Waals surface area contributed by atoms with Crippen LogP contribution in [0.4, 0.5) is 5.69 Å². The smallest absolute Gasteiger partial charge is 0.0951 e. The maximum absolute atomic E-state index is 4.09. The van der Waals surface area contributed by atoms with Crippen molar-refractivity contribution in [3.05, 3.63) is 36.4 Å². The zero-order chi connectivity index (χ0) is 10.4. The molecule has 0 unspecified atom stereocenters. The van der Waals surface area contributed by atoms with Gasteiger partial charge < -0.3 is 0 Å². The molecule has 14 heavy (non-hydrogen) atoms. The van der Waals surface area contributed by atoms with E-state index in [-0.39, 0.29) is 6.04 Å². The zero-order valence-electron chi connectivity index (χ0n) is 8.57. The van der Waals surface area contributed by atoms with Crippen molar-refractivity contribution in [2.75, 3.05) is 0 Å². The summed E-state index contributed by atoms with van der Waals surface area (Å²) in [6, 6.07) is 10.7. The Labute approximate surface area is 84.7 Å². The van der Waals surface area contributed by atoms with E-state index >= 15 is 0 Å². The molecule has 0 aliphatic carbocycles. The van der Waals surface area contributed by atoms with Crippen molar-refractivity contribution in [1.29, 1.82) is 0 Å². The van der Waals surface area contributed by atoms with E-state index in [0.717, 1.165) is 11.3 Å². The molecule has 0 bridgehead atoms. The van der Waals surface area contributed by atoms with Gasteiger partial charge in [-0.2, -0.15) is 4.99 Å². The normalized spacial score (nSPS) is 9.36. The van der Waals surface area contributed by atoms with Gasteiger partial charge in [0.1, 0.15) is 0 Å². The molecule has 0 spiro atoms. The molecule has 0 amide bonds. The minimum atomic E-state index is 0.237. The second-order valence-electron chi connectivity index (χ2n) is 3.23. The molecule has 1 aromatic carbocycles. The summed E-state index contributed by atoms with van der Waals surface area (Å²) in [5.74, 6) is 0. The highest BCUT2D eigenvalue weighted by Crippen LogP contribution is 2.13. The van der Waals surface area contributed by atoms with Crippen LogP contribution in [-0.2, 0) is 0 Å². The van der Waals surface area contributed by atoms with Crippen LogP contribution in [0, 0.1) is 0 Å². The molecule has 72 valence electrons. The van der Waals surface area contributed by atoms with Gasteiger partial charge in [0.05, 0.1) is 17.7 Å². The predicted octanol–water partition coefficient (Wildman–Crippen LogP) is 3.54. The average molecular weight is 186 g/mol. The first-order valence-electron chi connectivity index (χ1n) is 4.60. The molecule has 2 nitrogen and oxygen atoms in total. The molecule has 0 saturated heterocycles. The van der Waals surface area contributed by atoms with Gasteiger partial charge in [0, 0.05) is 0 Å². The second kappa shape index (κ2) is 5.15. The second-order valence-corrected chi connectivity index (χ2v) is 3.23. The molecule has 0 fully saturated rings. The van der Waals surface area contributed by atoms with Gasteiger partial charge in [-0.1, -0.05) is 24.8 Å². The number of benzene rings is 1. The highest BCUT2D eigenvalue weighted by molar-refractivity contribution is 5.58.